The van der Waals surface area contributed by atoms with Crippen molar-refractivity contribution in [1.82, 2.24) is 15.0 Å². The molecule has 0 aliphatic rings. The van der Waals surface area contributed by atoms with Crippen molar-refractivity contribution in [2.45, 2.75) is 46.6 Å². The van der Waals surface area contributed by atoms with E-state index in [4.69, 9.17) is 11.6 Å². The van der Waals surface area contributed by atoms with Gasteiger partial charge >= 0.3 is 0 Å². The van der Waals surface area contributed by atoms with Crippen LogP contribution in [0.5, 0.6) is 0 Å². The van der Waals surface area contributed by atoms with Crippen LogP contribution in [0, 0.1) is 0 Å². The molecule has 108 valence electrons. The van der Waals surface area contributed by atoms with Gasteiger partial charge in [0.05, 0.1) is 0 Å². The van der Waals surface area contributed by atoms with E-state index in [0.717, 1.165) is 25.9 Å². The highest BCUT2D eigenvalue weighted by atomic mass is 35.5. The van der Waals surface area contributed by atoms with E-state index in [0.29, 0.717) is 17.9 Å². The predicted octanol–water partition coefficient (Wildman–Crippen LogP) is 3.00. The quantitative estimate of drug-likeness (QED) is 0.771. The van der Waals surface area contributed by atoms with E-state index in [-0.39, 0.29) is 5.28 Å². The van der Waals surface area contributed by atoms with Gasteiger partial charge in [-0.25, -0.2) is 0 Å². The minimum absolute atomic E-state index is 0.254. The summed E-state index contributed by atoms with van der Waals surface area (Å²) in [5.74, 6) is 1.30. The average molecular weight is 286 g/mol. The third-order valence-corrected chi connectivity index (χ3v) is 3.61. The Bertz CT molecular complexity index is 391. The lowest BCUT2D eigenvalue weighted by molar-refractivity contribution is 0.579. The highest BCUT2D eigenvalue weighted by molar-refractivity contribution is 6.28. The minimum atomic E-state index is 0.254. The van der Waals surface area contributed by atoms with Crippen LogP contribution in [-0.4, -0.2) is 41.1 Å². The Hall–Kier alpha value is -1.10. The second kappa shape index (κ2) is 7.48. The zero-order valence-corrected chi connectivity index (χ0v) is 13.3. The number of nitrogens with zero attached hydrogens (tertiary/aromatic N) is 5. The lowest BCUT2D eigenvalue weighted by Crippen LogP contribution is -2.33. The van der Waals surface area contributed by atoms with Gasteiger partial charge in [0.25, 0.3) is 0 Å². The van der Waals surface area contributed by atoms with Gasteiger partial charge in [0.15, 0.2) is 0 Å². The monoisotopic (exact) mass is 285 g/mol. The van der Waals surface area contributed by atoms with Crippen LogP contribution >= 0.6 is 11.6 Å². The van der Waals surface area contributed by atoms with Gasteiger partial charge in [0.1, 0.15) is 0 Å². The number of halogens is 1. The first kappa shape index (κ1) is 16.0. The first-order valence-electron chi connectivity index (χ1n) is 6.96. The van der Waals surface area contributed by atoms with Crippen molar-refractivity contribution in [2.24, 2.45) is 0 Å². The normalized spacial score (nSPS) is 10.9. The molecule has 0 fully saturated rings. The number of rotatable bonds is 7. The Morgan fingerprint density at radius 3 is 1.95 bits per heavy atom. The summed E-state index contributed by atoms with van der Waals surface area (Å²) in [6.45, 7) is 10.2. The maximum atomic E-state index is 6.03. The fourth-order valence-corrected chi connectivity index (χ4v) is 2.29. The lowest BCUT2D eigenvalue weighted by atomic mass is 10.1. The van der Waals surface area contributed by atoms with Crippen molar-refractivity contribution in [1.29, 1.82) is 0 Å². The number of aromatic nitrogens is 3. The van der Waals surface area contributed by atoms with Crippen LogP contribution in [0.25, 0.3) is 0 Å². The van der Waals surface area contributed by atoms with Crippen LogP contribution in [0.1, 0.15) is 40.5 Å². The van der Waals surface area contributed by atoms with Gasteiger partial charge in [-0.3, -0.25) is 0 Å². The molecule has 1 aromatic heterocycles. The topological polar surface area (TPSA) is 45.2 Å². The van der Waals surface area contributed by atoms with E-state index in [1.165, 1.54) is 0 Å². The van der Waals surface area contributed by atoms with Gasteiger partial charge in [0.2, 0.25) is 17.2 Å². The molecule has 0 spiro atoms. The van der Waals surface area contributed by atoms with Gasteiger partial charge in [-0.1, -0.05) is 13.8 Å². The van der Waals surface area contributed by atoms with Gasteiger partial charge in [-0.2, -0.15) is 15.0 Å². The zero-order chi connectivity index (χ0) is 14.4. The molecule has 19 heavy (non-hydrogen) atoms. The standard InChI is InChI=1S/C13H24ClN5/c1-6-10(7-2)18(5)12-15-11(14)16-13(17-12)19(8-3)9-4/h10H,6-9H2,1-5H3. The molecule has 0 aliphatic carbocycles. The van der Waals surface area contributed by atoms with Crippen molar-refractivity contribution < 1.29 is 0 Å². The number of anilines is 2. The molecule has 0 unspecified atom stereocenters. The summed E-state index contributed by atoms with van der Waals surface area (Å²) in [5, 5.41) is 0.254. The third kappa shape index (κ3) is 3.93. The van der Waals surface area contributed by atoms with Gasteiger partial charge < -0.3 is 9.80 Å². The van der Waals surface area contributed by atoms with Gasteiger partial charge in [0, 0.05) is 26.2 Å². The van der Waals surface area contributed by atoms with E-state index >= 15 is 0 Å². The molecule has 0 amide bonds. The summed E-state index contributed by atoms with van der Waals surface area (Å²) >= 11 is 6.03. The summed E-state index contributed by atoms with van der Waals surface area (Å²) in [6.07, 6.45) is 2.10. The van der Waals surface area contributed by atoms with E-state index in [2.05, 4.69) is 52.4 Å². The van der Waals surface area contributed by atoms with Gasteiger partial charge in [-0.15, -0.1) is 0 Å². The molecule has 0 radical (unpaired) electrons. The zero-order valence-electron chi connectivity index (χ0n) is 12.5. The highest BCUT2D eigenvalue weighted by Gasteiger charge is 2.17. The summed E-state index contributed by atoms with van der Waals surface area (Å²) in [4.78, 5) is 17.1. The third-order valence-electron chi connectivity index (χ3n) is 3.44. The van der Waals surface area contributed by atoms with Crippen molar-refractivity contribution >= 4 is 23.5 Å². The molecule has 0 saturated carbocycles. The predicted molar refractivity (Wildman–Crippen MR) is 81.2 cm³/mol. The van der Waals surface area contributed by atoms with Crippen molar-refractivity contribution in [2.75, 3.05) is 29.9 Å². The summed E-state index contributed by atoms with van der Waals surface area (Å²) in [5.41, 5.74) is 0. The molecule has 0 aromatic carbocycles. The maximum absolute atomic E-state index is 6.03. The van der Waals surface area contributed by atoms with Crippen LogP contribution in [0.2, 0.25) is 5.28 Å². The number of hydrogen-bond acceptors (Lipinski definition) is 5. The maximum Gasteiger partial charge on any atom is 0.231 e. The molecular weight excluding hydrogens is 262 g/mol. The largest absolute Gasteiger partial charge is 0.341 e. The number of hydrogen-bond donors (Lipinski definition) is 0. The Kier molecular flexibility index (Phi) is 6.28. The van der Waals surface area contributed by atoms with E-state index < -0.39 is 0 Å². The van der Waals surface area contributed by atoms with Crippen molar-refractivity contribution in [3.05, 3.63) is 5.28 Å². The summed E-state index contributed by atoms with van der Waals surface area (Å²) in [6, 6.07) is 0.419. The Morgan fingerprint density at radius 1 is 0.947 bits per heavy atom. The first-order valence-corrected chi connectivity index (χ1v) is 7.34. The molecule has 6 heteroatoms. The van der Waals surface area contributed by atoms with Crippen LogP contribution in [0.3, 0.4) is 0 Å². The molecule has 0 N–H and O–H groups in total. The molecule has 0 saturated heterocycles. The highest BCUT2D eigenvalue weighted by Crippen LogP contribution is 2.19. The Balaban J connectivity index is 3.08. The van der Waals surface area contributed by atoms with Crippen LogP contribution in [0.4, 0.5) is 11.9 Å². The summed E-state index contributed by atoms with van der Waals surface area (Å²) in [7, 11) is 2.01. The molecule has 1 rings (SSSR count). The van der Waals surface area contributed by atoms with Crippen molar-refractivity contribution in [3.63, 3.8) is 0 Å². The second-order valence-electron chi connectivity index (χ2n) is 4.46. The lowest BCUT2D eigenvalue weighted by Gasteiger charge is -2.27. The molecule has 0 bridgehead atoms. The Labute approximate surface area is 121 Å². The molecule has 0 aliphatic heterocycles. The molecular formula is C13H24ClN5. The fourth-order valence-electron chi connectivity index (χ4n) is 2.13. The molecule has 5 nitrogen and oxygen atoms in total. The van der Waals surface area contributed by atoms with E-state index in [1.807, 2.05) is 7.05 Å². The Morgan fingerprint density at radius 2 is 1.47 bits per heavy atom. The molecule has 0 atom stereocenters. The van der Waals surface area contributed by atoms with E-state index in [1.54, 1.807) is 0 Å². The summed E-state index contributed by atoms with van der Waals surface area (Å²) < 4.78 is 0. The van der Waals surface area contributed by atoms with Crippen molar-refractivity contribution in [3.8, 4) is 0 Å². The average Bonchev–Trinajstić information content (AvgIpc) is 2.40. The first-order chi connectivity index (χ1) is 9.07. The molecule has 1 heterocycles. The fraction of sp³-hybridized carbons (Fsp3) is 0.769. The van der Waals surface area contributed by atoms with Gasteiger partial charge in [-0.05, 0) is 38.3 Å². The van der Waals surface area contributed by atoms with Crippen LogP contribution in [-0.2, 0) is 0 Å². The molecule has 1 aromatic rings. The minimum Gasteiger partial charge on any atom is -0.341 e. The van der Waals surface area contributed by atoms with E-state index in [9.17, 15) is 0 Å². The van der Waals surface area contributed by atoms with Crippen LogP contribution in [0.15, 0.2) is 0 Å². The SMILES string of the molecule is CCC(CC)N(C)c1nc(Cl)nc(N(CC)CC)n1. The van der Waals surface area contributed by atoms with Crippen LogP contribution < -0.4 is 9.80 Å². The smallest absolute Gasteiger partial charge is 0.231 e. The second-order valence-corrected chi connectivity index (χ2v) is 4.80.